The summed E-state index contributed by atoms with van der Waals surface area (Å²) in [6.45, 7) is 8.85. The van der Waals surface area contributed by atoms with E-state index in [1.807, 2.05) is 13.8 Å². The third-order valence-electron chi connectivity index (χ3n) is 5.24. The highest BCUT2D eigenvalue weighted by atomic mass is 16.4. The van der Waals surface area contributed by atoms with Gasteiger partial charge in [0.2, 0.25) is 0 Å². The van der Waals surface area contributed by atoms with Crippen molar-refractivity contribution >= 4 is 11.9 Å². The van der Waals surface area contributed by atoms with Crippen LogP contribution in [0.3, 0.4) is 0 Å². The van der Waals surface area contributed by atoms with Crippen molar-refractivity contribution in [3.63, 3.8) is 0 Å². The van der Waals surface area contributed by atoms with Crippen molar-refractivity contribution in [1.29, 1.82) is 0 Å². The molecule has 0 fully saturated rings. The Morgan fingerprint density at radius 2 is 0.900 bits per heavy atom. The van der Waals surface area contributed by atoms with Crippen molar-refractivity contribution in [3.8, 4) is 0 Å². The lowest BCUT2D eigenvalue weighted by Gasteiger charge is -2.28. The van der Waals surface area contributed by atoms with Crippen LogP contribution in [0.4, 0.5) is 0 Å². The zero-order valence-corrected chi connectivity index (χ0v) is 18.1. The van der Waals surface area contributed by atoms with Gasteiger partial charge in [0.1, 0.15) is 0 Å². The third-order valence-corrected chi connectivity index (χ3v) is 5.24. The Morgan fingerprint density at radius 3 is 1.07 bits per heavy atom. The summed E-state index contributed by atoms with van der Waals surface area (Å²) in [6, 6.07) is 16.6. The number of hydrogen-bond acceptors (Lipinski definition) is 4. The molecule has 30 heavy (non-hydrogen) atoms. The Morgan fingerprint density at radius 1 is 0.633 bits per heavy atom. The van der Waals surface area contributed by atoms with Crippen LogP contribution >= 0.6 is 0 Å². The van der Waals surface area contributed by atoms with Gasteiger partial charge in [-0.3, -0.25) is 0 Å². The molecule has 0 saturated carbocycles. The van der Waals surface area contributed by atoms with Crippen LogP contribution in [-0.4, -0.2) is 45.6 Å². The minimum absolute atomic E-state index is 0.240. The fourth-order valence-corrected chi connectivity index (χ4v) is 2.53. The van der Waals surface area contributed by atoms with Crippen molar-refractivity contribution in [2.24, 2.45) is 23.7 Å². The Hall–Kier alpha value is -2.70. The van der Waals surface area contributed by atoms with Crippen molar-refractivity contribution < 1.29 is 30.0 Å². The van der Waals surface area contributed by atoms with Crippen LogP contribution < -0.4 is 0 Å². The van der Waals surface area contributed by atoms with Gasteiger partial charge in [-0.05, 0) is 47.9 Å². The van der Waals surface area contributed by atoms with Crippen LogP contribution in [0.25, 0.3) is 0 Å². The molecule has 2 aromatic carbocycles. The predicted octanol–water partition coefficient (Wildman–Crippen LogP) is 4.29. The normalized spacial score (nSPS) is 13.9. The van der Waals surface area contributed by atoms with E-state index in [1.165, 1.54) is 0 Å². The predicted molar refractivity (Wildman–Crippen MR) is 118 cm³/mol. The summed E-state index contributed by atoms with van der Waals surface area (Å²) in [4.78, 5) is 20.4. The first-order valence-electron chi connectivity index (χ1n) is 9.94. The number of aliphatic hydroxyl groups is 2. The van der Waals surface area contributed by atoms with Gasteiger partial charge in [0, 0.05) is 13.2 Å². The SMILES string of the molecule is CC(CO)C(C)C(C)C(C)CO.O=C(O)c1ccccc1.O=C(O)c1ccccc1. The molecule has 0 aliphatic heterocycles. The molecule has 0 saturated heterocycles. The molecule has 6 heteroatoms. The van der Waals surface area contributed by atoms with Gasteiger partial charge in [0.15, 0.2) is 0 Å². The van der Waals surface area contributed by atoms with Gasteiger partial charge in [-0.25, -0.2) is 9.59 Å². The Balaban J connectivity index is 0.000000426. The van der Waals surface area contributed by atoms with Gasteiger partial charge in [0.25, 0.3) is 0 Å². The number of aromatic carboxylic acids is 2. The smallest absolute Gasteiger partial charge is 0.335 e. The molecule has 166 valence electrons. The summed E-state index contributed by atoms with van der Waals surface area (Å²) in [7, 11) is 0. The maximum absolute atomic E-state index is 10.2. The first kappa shape index (κ1) is 27.3. The van der Waals surface area contributed by atoms with Gasteiger partial charge in [-0.15, -0.1) is 0 Å². The van der Waals surface area contributed by atoms with E-state index in [0.29, 0.717) is 34.8 Å². The van der Waals surface area contributed by atoms with E-state index in [0.717, 1.165) is 0 Å². The molecule has 4 N–H and O–H groups in total. The minimum atomic E-state index is -0.879. The molecule has 2 aromatic rings. The van der Waals surface area contributed by atoms with E-state index >= 15 is 0 Å². The zero-order chi connectivity index (χ0) is 23.1. The van der Waals surface area contributed by atoms with Gasteiger partial charge in [0.05, 0.1) is 11.1 Å². The minimum Gasteiger partial charge on any atom is -0.478 e. The highest BCUT2D eigenvalue weighted by molar-refractivity contribution is 5.87. The van der Waals surface area contributed by atoms with Crippen molar-refractivity contribution in [3.05, 3.63) is 71.8 Å². The second kappa shape index (κ2) is 15.2. The summed E-state index contributed by atoms with van der Waals surface area (Å²) >= 11 is 0. The van der Waals surface area contributed by atoms with Crippen LogP contribution in [0.15, 0.2) is 60.7 Å². The fraction of sp³-hybridized carbons (Fsp3) is 0.417. The van der Waals surface area contributed by atoms with E-state index in [9.17, 15) is 9.59 Å². The molecule has 0 bridgehead atoms. The third kappa shape index (κ3) is 10.7. The van der Waals surface area contributed by atoms with Crippen molar-refractivity contribution in [2.45, 2.75) is 27.7 Å². The fourth-order valence-electron chi connectivity index (χ4n) is 2.53. The quantitative estimate of drug-likeness (QED) is 0.533. The van der Waals surface area contributed by atoms with E-state index in [4.69, 9.17) is 20.4 Å². The number of carboxylic acid groups (broad SMARTS) is 2. The molecule has 0 heterocycles. The lowest BCUT2D eigenvalue weighted by Crippen LogP contribution is -2.25. The summed E-state index contributed by atoms with van der Waals surface area (Å²) in [5.74, 6) is -0.163. The molecular weight excluding hydrogens is 384 g/mol. The molecule has 6 nitrogen and oxygen atoms in total. The monoisotopic (exact) mass is 418 g/mol. The molecule has 4 atom stereocenters. The first-order chi connectivity index (χ1) is 14.1. The number of carbonyl (C=O) groups is 2. The number of carboxylic acids is 2. The summed E-state index contributed by atoms with van der Waals surface area (Å²) in [6.07, 6.45) is 0. The van der Waals surface area contributed by atoms with Crippen LogP contribution in [0.1, 0.15) is 48.4 Å². The molecule has 0 aliphatic rings. The van der Waals surface area contributed by atoms with Gasteiger partial charge in [-0.1, -0.05) is 64.1 Å². The zero-order valence-electron chi connectivity index (χ0n) is 18.1. The Bertz CT molecular complexity index is 653. The van der Waals surface area contributed by atoms with Crippen molar-refractivity contribution in [2.75, 3.05) is 13.2 Å². The maximum Gasteiger partial charge on any atom is 0.335 e. The van der Waals surface area contributed by atoms with Crippen LogP contribution in [0.2, 0.25) is 0 Å². The second-order valence-corrected chi connectivity index (χ2v) is 7.38. The Kier molecular flexibility index (Phi) is 13.8. The maximum atomic E-state index is 10.2. The second-order valence-electron chi connectivity index (χ2n) is 7.38. The number of aliphatic hydroxyl groups excluding tert-OH is 2. The molecule has 0 spiro atoms. The summed E-state index contributed by atoms with van der Waals surface area (Å²) in [5, 5.41) is 34.7. The molecule has 0 radical (unpaired) electrons. The van der Waals surface area contributed by atoms with Crippen LogP contribution in [0, 0.1) is 23.7 Å². The highest BCUT2D eigenvalue weighted by Gasteiger charge is 2.22. The van der Waals surface area contributed by atoms with E-state index in [-0.39, 0.29) is 13.2 Å². The van der Waals surface area contributed by atoms with E-state index in [1.54, 1.807) is 60.7 Å². The van der Waals surface area contributed by atoms with Crippen LogP contribution in [0.5, 0.6) is 0 Å². The Labute approximate surface area is 178 Å². The standard InChI is InChI=1S/C10H22O2.2C7H6O2/c1-7(5-11)9(3)10(4)8(2)6-12;2*8-7(9)6-4-2-1-3-5-6/h7-12H,5-6H2,1-4H3;2*1-5H,(H,8,9). The van der Waals surface area contributed by atoms with Crippen LogP contribution in [-0.2, 0) is 0 Å². The lowest BCUT2D eigenvalue weighted by molar-refractivity contribution is 0.0686. The molecule has 0 amide bonds. The highest BCUT2D eigenvalue weighted by Crippen LogP contribution is 2.26. The lowest BCUT2D eigenvalue weighted by atomic mass is 9.79. The number of hydrogen-bond donors (Lipinski definition) is 4. The average Bonchev–Trinajstić information content (AvgIpc) is 2.78. The van der Waals surface area contributed by atoms with Gasteiger partial charge in [-0.2, -0.15) is 0 Å². The summed E-state index contributed by atoms with van der Waals surface area (Å²) in [5.41, 5.74) is 0.662. The summed E-state index contributed by atoms with van der Waals surface area (Å²) < 4.78 is 0. The largest absolute Gasteiger partial charge is 0.478 e. The number of rotatable bonds is 7. The molecule has 0 aliphatic carbocycles. The first-order valence-corrected chi connectivity index (χ1v) is 9.94. The molecular formula is C24H34O6. The molecule has 0 aromatic heterocycles. The van der Waals surface area contributed by atoms with Crippen molar-refractivity contribution in [1.82, 2.24) is 0 Å². The van der Waals surface area contributed by atoms with Gasteiger partial charge < -0.3 is 20.4 Å². The molecule has 4 unspecified atom stereocenters. The topological polar surface area (TPSA) is 115 Å². The van der Waals surface area contributed by atoms with E-state index < -0.39 is 11.9 Å². The van der Waals surface area contributed by atoms with E-state index in [2.05, 4.69) is 13.8 Å². The average molecular weight is 419 g/mol. The van der Waals surface area contributed by atoms with Gasteiger partial charge >= 0.3 is 11.9 Å². The number of benzene rings is 2. The molecule has 2 rings (SSSR count).